The molecule has 1 N–H and O–H groups in total. The van der Waals surface area contributed by atoms with E-state index in [0.717, 1.165) is 35.0 Å². The standard InChI is InChI=1S/C19H19N5O2S/c1-13-9-16(23-26-13)10-14-4-7-24(8-5-14)19(25)17-18(27-12-21-17)22-15-3-2-6-20-11-15/h2-3,6,9-12,22H,4-5,7-8H2,1H3. The van der Waals surface area contributed by atoms with E-state index in [2.05, 4.69) is 26.5 Å². The second-order valence-corrected chi connectivity index (χ2v) is 7.21. The SMILES string of the molecule is Cc1cc(C=C2CCN(C(=O)c3ncsc3Nc3cccnc3)CC2)no1. The minimum absolute atomic E-state index is 0.0426. The zero-order valence-corrected chi connectivity index (χ0v) is 15.7. The molecule has 4 heterocycles. The van der Waals surface area contributed by atoms with E-state index in [0.29, 0.717) is 18.8 Å². The Labute approximate surface area is 160 Å². The van der Waals surface area contributed by atoms with Crippen molar-refractivity contribution in [1.82, 2.24) is 20.0 Å². The molecule has 1 aliphatic heterocycles. The predicted molar refractivity (Wildman–Crippen MR) is 104 cm³/mol. The molecule has 8 heteroatoms. The Morgan fingerprint density at radius 1 is 1.37 bits per heavy atom. The summed E-state index contributed by atoms with van der Waals surface area (Å²) < 4.78 is 5.10. The molecule has 1 saturated heterocycles. The lowest BCUT2D eigenvalue weighted by atomic mass is 10.0. The maximum absolute atomic E-state index is 12.9. The third-order valence-corrected chi connectivity index (χ3v) is 5.12. The molecule has 3 aromatic rings. The second kappa shape index (κ2) is 7.71. The molecule has 0 spiro atoms. The highest BCUT2D eigenvalue weighted by molar-refractivity contribution is 7.14. The van der Waals surface area contributed by atoms with Gasteiger partial charge in [0, 0.05) is 25.4 Å². The monoisotopic (exact) mass is 381 g/mol. The number of rotatable bonds is 4. The quantitative estimate of drug-likeness (QED) is 0.738. The van der Waals surface area contributed by atoms with Crippen LogP contribution >= 0.6 is 11.3 Å². The van der Waals surface area contributed by atoms with Crippen LogP contribution in [-0.4, -0.2) is 39.0 Å². The number of hydrogen-bond acceptors (Lipinski definition) is 7. The summed E-state index contributed by atoms with van der Waals surface area (Å²) in [6.45, 7) is 3.22. The van der Waals surface area contributed by atoms with E-state index < -0.39 is 0 Å². The molecular formula is C19H19N5O2S. The van der Waals surface area contributed by atoms with E-state index >= 15 is 0 Å². The van der Waals surface area contributed by atoms with Crippen LogP contribution in [0.15, 0.2) is 46.2 Å². The zero-order valence-electron chi connectivity index (χ0n) is 14.9. The molecule has 0 radical (unpaired) electrons. The summed E-state index contributed by atoms with van der Waals surface area (Å²) in [7, 11) is 0. The van der Waals surface area contributed by atoms with Gasteiger partial charge in [-0.25, -0.2) is 4.98 Å². The van der Waals surface area contributed by atoms with E-state index in [9.17, 15) is 4.79 Å². The van der Waals surface area contributed by atoms with Gasteiger partial charge in [-0.05, 0) is 38.0 Å². The van der Waals surface area contributed by atoms with Crippen molar-refractivity contribution >= 4 is 34.0 Å². The molecule has 4 rings (SSSR count). The summed E-state index contributed by atoms with van der Waals surface area (Å²) in [6, 6.07) is 5.67. The lowest BCUT2D eigenvalue weighted by Gasteiger charge is -2.28. The van der Waals surface area contributed by atoms with E-state index in [4.69, 9.17) is 4.52 Å². The highest BCUT2D eigenvalue weighted by Crippen LogP contribution is 2.27. The summed E-state index contributed by atoms with van der Waals surface area (Å²) in [5.74, 6) is 0.755. The largest absolute Gasteiger partial charge is 0.361 e. The Morgan fingerprint density at radius 3 is 2.93 bits per heavy atom. The van der Waals surface area contributed by atoms with Crippen molar-refractivity contribution in [3.05, 3.63) is 58.8 Å². The Balaban J connectivity index is 1.41. The average molecular weight is 381 g/mol. The molecule has 7 nitrogen and oxygen atoms in total. The fourth-order valence-corrected chi connectivity index (χ4v) is 3.70. The van der Waals surface area contributed by atoms with Crippen molar-refractivity contribution in [2.75, 3.05) is 18.4 Å². The number of hydrogen-bond donors (Lipinski definition) is 1. The Morgan fingerprint density at radius 2 is 2.22 bits per heavy atom. The number of nitrogens with one attached hydrogen (secondary N) is 1. The van der Waals surface area contributed by atoms with Crippen LogP contribution in [0.3, 0.4) is 0 Å². The van der Waals surface area contributed by atoms with Crippen molar-refractivity contribution in [1.29, 1.82) is 0 Å². The average Bonchev–Trinajstić information content (AvgIpc) is 3.31. The number of aromatic nitrogens is 3. The number of carbonyl (C=O) groups excluding carboxylic acids is 1. The van der Waals surface area contributed by atoms with Gasteiger partial charge in [0.15, 0.2) is 5.69 Å². The van der Waals surface area contributed by atoms with Gasteiger partial charge < -0.3 is 14.7 Å². The van der Waals surface area contributed by atoms with E-state index in [1.807, 2.05) is 30.0 Å². The highest BCUT2D eigenvalue weighted by Gasteiger charge is 2.24. The lowest BCUT2D eigenvalue weighted by molar-refractivity contribution is 0.0740. The minimum atomic E-state index is -0.0426. The summed E-state index contributed by atoms with van der Waals surface area (Å²) in [5, 5.41) is 7.98. The first-order valence-electron chi connectivity index (χ1n) is 8.71. The second-order valence-electron chi connectivity index (χ2n) is 6.35. The summed E-state index contributed by atoms with van der Waals surface area (Å²) >= 11 is 1.41. The van der Waals surface area contributed by atoms with Crippen LogP contribution < -0.4 is 5.32 Å². The normalized spacial score (nSPS) is 14.3. The van der Waals surface area contributed by atoms with Crippen LogP contribution in [-0.2, 0) is 0 Å². The van der Waals surface area contributed by atoms with Gasteiger partial charge in [-0.1, -0.05) is 10.7 Å². The van der Waals surface area contributed by atoms with Crippen molar-refractivity contribution in [2.45, 2.75) is 19.8 Å². The zero-order chi connectivity index (χ0) is 18.6. The number of anilines is 2. The first-order chi connectivity index (χ1) is 13.2. The molecule has 1 amide bonds. The fraction of sp³-hybridized carbons (Fsp3) is 0.263. The fourth-order valence-electron chi connectivity index (χ4n) is 3.01. The first-order valence-corrected chi connectivity index (χ1v) is 9.59. The van der Waals surface area contributed by atoms with Gasteiger partial charge in [0.2, 0.25) is 0 Å². The van der Waals surface area contributed by atoms with Crippen molar-refractivity contribution in [3.63, 3.8) is 0 Å². The van der Waals surface area contributed by atoms with Crippen LogP contribution in [0.1, 0.15) is 34.8 Å². The molecule has 0 saturated carbocycles. The van der Waals surface area contributed by atoms with Crippen LogP contribution in [0, 0.1) is 6.92 Å². The number of piperidine rings is 1. The number of thiazole rings is 1. The summed E-state index contributed by atoms with van der Waals surface area (Å²) in [6.07, 6.45) is 7.14. The molecule has 0 aromatic carbocycles. The number of nitrogens with zero attached hydrogens (tertiary/aromatic N) is 4. The molecule has 1 aliphatic rings. The first kappa shape index (κ1) is 17.4. The minimum Gasteiger partial charge on any atom is -0.361 e. The Bertz CT molecular complexity index is 953. The highest BCUT2D eigenvalue weighted by atomic mass is 32.1. The van der Waals surface area contributed by atoms with E-state index in [1.165, 1.54) is 16.9 Å². The smallest absolute Gasteiger partial charge is 0.275 e. The van der Waals surface area contributed by atoms with Gasteiger partial charge >= 0.3 is 0 Å². The van der Waals surface area contributed by atoms with Gasteiger partial charge in [-0.2, -0.15) is 0 Å². The molecule has 0 bridgehead atoms. The number of aryl methyl sites for hydroxylation is 1. The number of likely N-dealkylation sites (tertiary alicyclic amines) is 1. The lowest BCUT2D eigenvalue weighted by Crippen LogP contribution is -2.36. The third kappa shape index (κ3) is 4.06. The van der Waals surface area contributed by atoms with Gasteiger partial charge in [-0.3, -0.25) is 9.78 Å². The maximum atomic E-state index is 12.9. The van der Waals surface area contributed by atoms with Gasteiger partial charge in [0.1, 0.15) is 16.5 Å². The number of carbonyl (C=O) groups is 1. The van der Waals surface area contributed by atoms with Crippen LogP contribution in [0.25, 0.3) is 6.08 Å². The molecule has 0 unspecified atom stereocenters. The van der Waals surface area contributed by atoms with Crippen LogP contribution in [0.4, 0.5) is 10.7 Å². The Kier molecular flexibility index (Phi) is 4.97. The molecule has 1 fully saturated rings. The topological polar surface area (TPSA) is 84.2 Å². The third-order valence-electron chi connectivity index (χ3n) is 4.38. The molecule has 0 aliphatic carbocycles. The predicted octanol–water partition coefficient (Wildman–Crippen LogP) is 3.90. The van der Waals surface area contributed by atoms with Crippen LogP contribution in [0.5, 0.6) is 0 Å². The van der Waals surface area contributed by atoms with Crippen molar-refractivity contribution < 1.29 is 9.32 Å². The molecule has 0 atom stereocenters. The number of amides is 1. The van der Waals surface area contributed by atoms with Gasteiger partial charge in [0.25, 0.3) is 5.91 Å². The van der Waals surface area contributed by atoms with Gasteiger partial charge in [-0.15, -0.1) is 11.3 Å². The van der Waals surface area contributed by atoms with Gasteiger partial charge in [0.05, 0.1) is 17.4 Å². The summed E-state index contributed by atoms with van der Waals surface area (Å²) in [5.41, 5.74) is 5.10. The van der Waals surface area contributed by atoms with Crippen molar-refractivity contribution in [2.24, 2.45) is 0 Å². The molecule has 3 aromatic heterocycles. The maximum Gasteiger partial charge on any atom is 0.275 e. The summed E-state index contributed by atoms with van der Waals surface area (Å²) in [4.78, 5) is 23.1. The number of pyridine rings is 1. The van der Waals surface area contributed by atoms with E-state index in [-0.39, 0.29) is 5.91 Å². The van der Waals surface area contributed by atoms with Crippen LogP contribution in [0.2, 0.25) is 0 Å². The Hall–Kier alpha value is -3.00. The van der Waals surface area contributed by atoms with E-state index in [1.54, 1.807) is 17.9 Å². The van der Waals surface area contributed by atoms with Crippen molar-refractivity contribution in [3.8, 4) is 0 Å². The molecule has 27 heavy (non-hydrogen) atoms. The molecule has 138 valence electrons. The molecular weight excluding hydrogens is 362 g/mol.